The zero-order chi connectivity index (χ0) is 13.5. The maximum atomic E-state index is 12.2. The molecule has 3 saturated carbocycles. The van der Waals surface area contributed by atoms with E-state index in [2.05, 4.69) is 56.1 Å². The minimum absolute atomic E-state index is 0.000609. The molecule has 0 atom stereocenters. The van der Waals surface area contributed by atoms with Gasteiger partial charge in [0.2, 0.25) is 0 Å². The first-order chi connectivity index (χ1) is 9.10. The van der Waals surface area contributed by atoms with Gasteiger partial charge in [-0.05, 0) is 61.6 Å². The number of hydrogen-bond donors (Lipinski definition) is 0. The summed E-state index contributed by atoms with van der Waals surface area (Å²) in [6.45, 7) is 0. The molecular formula is C16H18Br2O. The van der Waals surface area contributed by atoms with Gasteiger partial charge in [-0.3, -0.25) is 4.79 Å². The Morgan fingerprint density at radius 1 is 1.00 bits per heavy atom. The van der Waals surface area contributed by atoms with Crippen LogP contribution in [-0.4, -0.2) is 11.1 Å². The van der Waals surface area contributed by atoms with Crippen molar-refractivity contribution in [2.75, 3.05) is 5.33 Å². The Bertz CT molecular complexity index is 467. The molecule has 0 amide bonds. The molecule has 0 unspecified atom stereocenters. The number of rotatable bonds is 3. The van der Waals surface area contributed by atoms with E-state index in [1.165, 1.54) is 24.8 Å². The fourth-order valence-corrected chi connectivity index (χ4v) is 4.84. The molecule has 1 aromatic rings. The highest BCUT2D eigenvalue weighted by Crippen LogP contribution is 2.58. The Morgan fingerprint density at radius 3 is 2.00 bits per heavy atom. The Morgan fingerprint density at radius 2 is 1.53 bits per heavy atom. The third-order valence-electron chi connectivity index (χ3n) is 5.42. The van der Waals surface area contributed by atoms with Crippen LogP contribution in [0.15, 0.2) is 28.7 Å². The van der Waals surface area contributed by atoms with Gasteiger partial charge in [-0.2, -0.15) is 0 Å². The lowest BCUT2D eigenvalue weighted by Gasteiger charge is -2.53. The third kappa shape index (κ3) is 2.23. The standard InChI is InChI=1S/C16H18Br2O/c17-11-14(19)16-8-5-15(6-9-16,7-10-16)12-1-3-13(18)4-2-12/h1-4H,5-11H2. The van der Waals surface area contributed by atoms with Crippen LogP contribution < -0.4 is 0 Å². The van der Waals surface area contributed by atoms with Crippen molar-refractivity contribution in [3.8, 4) is 0 Å². The molecule has 0 spiro atoms. The summed E-state index contributed by atoms with van der Waals surface area (Å²) in [5.41, 5.74) is 1.81. The first-order valence-electron chi connectivity index (χ1n) is 6.96. The molecular weight excluding hydrogens is 368 g/mol. The van der Waals surface area contributed by atoms with Crippen LogP contribution >= 0.6 is 31.9 Å². The molecule has 0 aliphatic heterocycles. The SMILES string of the molecule is O=C(CBr)C12CCC(c3ccc(Br)cc3)(CC1)CC2. The first kappa shape index (κ1) is 13.8. The number of benzene rings is 1. The van der Waals surface area contributed by atoms with Crippen LogP contribution in [-0.2, 0) is 10.2 Å². The number of hydrogen-bond acceptors (Lipinski definition) is 1. The molecule has 0 N–H and O–H groups in total. The third-order valence-corrected chi connectivity index (χ3v) is 6.45. The molecule has 102 valence electrons. The number of fused-ring (bicyclic) bond motifs is 3. The van der Waals surface area contributed by atoms with E-state index in [1.807, 2.05) is 0 Å². The maximum absolute atomic E-state index is 12.2. The number of carbonyl (C=O) groups excluding carboxylic acids is 1. The monoisotopic (exact) mass is 384 g/mol. The maximum Gasteiger partial charge on any atom is 0.149 e. The summed E-state index contributed by atoms with van der Waals surface area (Å²) < 4.78 is 1.14. The van der Waals surface area contributed by atoms with Crippen molar-refractivity contribution < 1.29 is 4.79 Å². The van der Waals surface area contributed by atoms with Gasteiger partial charge in [0.05, 0.1) is 5.33 Å². The van der Waals surface area contributed by atoms with E-state index in [-0.39, 0.29) is 5.41 Å². The fraction of sp³-hybridized carbons (Fsp3) is 0.562. The average molecular weight is 386 g/mol. The van der Waals surface area contributed by atoms with Gasteiger partial charge in [-0.15, -0.1) is 0 Å². The largest absolute Gasteiger partial charge is 0.298 e. The minimum atomic E-state index is 0.000609. The lowest BCUT2D eigenvalue weighted by molar-refractivity contribution is -0.132. The van der Waals surface area contributed by atoms with Gasteiger partial charge in [0.1, 0.15) is 5.78 Å². The van der Waals surface area contributed by atoms with E-state index in [0.717, 1.165) is 23.7 Å². The number of halogens is 2. The minimum Gasteiger partial charge on any atom is -0.298 e. The predicted molar refractivity (Wildman–Crippen MR) is 84.8 cm³/mol. The summed E-state index contributed by atoms with van der Waals surface area (Å²) in [5, 5.41) is 0.526. The van der Waals surface area contributed by atoms with Crippen LogP contribution in [0, 0.1) is 5.41 Å². The van der Waals surface area contributed by atoms with Crippen molar-refractivity contribution in [2.24, 2.45) is 5.41 Å². The number of alkyl halides is 1. The Labute approximate surface area is 131 Å². The summed E-state index contributed by atoms with van der Waals surface area (Å²) in [5.74, 6) is 0.427. The Hall–Kier alpha value is -0.150. The lowest BCUT2D eigenvalue weighted by Crippen LogP contribution is -2.48. The van der Waals surface area contributed by atoms with Crippen molar-refractivity contribution in [1.29, 1.82) is 0 Å². The second kappa shape index (κ2) is 5.00. The molecule has 3 aliphatic rings. The van der Waals surface area contributed by atoms with Gasteiger partial charge < -0.3 is 0 Å². The lowest BCUT2D eigenvalue weighted by atomic mass is 9.51. The van der Waals surface area contributed by atoms with Gasteiger partial charge in [0.15, 0.2) is 0 Å². The van der Waals surface area contributed by atoms with Crippen molar-refractivity contribution in [1.82, 2.24) is 0 Å². The molecule has 0 radical (unpaired) electrons. The number of Topliss-reactive ketones (excluding diaryl/α,β-unsaturated/α-hetero) is 1. The molecule has 3 aliphatic carbocycles. The van der Waals surface area contributed by atoms with E-state index >= 15 is 0 Å². The molecule has 2 bridgehead atoms. The molecule has 0 aromatic heterocycles. The van der Waals surface area contributed by atoms with Crippen LogP contribution in [0.4, 0.5) is 0 Å². The first-order valence-corrected chi connectivity index (χ1v) is 8.87. The summed E-state index contributed by atoms with van der Waals surface area (Å²) in [6.07, 6.45) is 6.75. The highest BCUT2D eigenvalue weighted by atomic mass is 79.9. The average Bonchev–Trinajstić information content (AvgIpc) is 2.49. The Balaban J connectivity index is 1.85. The van der Waals surface area contributed by atoms with E-state index in [9.17, 15) is 4.79 Å². The molecule has 4 rings (SSSR count). The topological polar surface area (TPSA) is 17.1 Å². The quantitative estimate of drug-likeness (QED) is 0.668. The number of ketones is 1. The van der Waals surface area contributed by atoms with E-state index in [0.29, 0.717) is 16.5 Å². The molecule has 3 heteroatoms. The predicted octanol–water partition coefficient (Wildman–Crippen LogP) is 5.01. The summed E-state index contributed by atoms with van der Waals surface area (Å²) in [7, 11) is 0. The Kier molecular flexibility index (Phi) is 3.63. The van der Waals surface area contributed by atoms with Gasteiger partial charge >= 0.3 is 0 Å². The number of carbonyl (C=O) groups is 1. The van der Waals surface area contributed by atoms with E-state index in [1.54, 1.807) is 0 Å². The van der Waals surface area contributed by atoms with Crippen LogP contribution in [0.5, 0.6) is 0 Å². The van der Waals surface area contributed by atoms with Gasteiger partial charge in [0.25, 0.3) is 0 Å². The molecule has 0 heterocycles. The second-order valence-electron chi connectivity index (χ2n) is 6.12. The molecule has 1 aromatic carbocycles. The van der Waals surface area contributed by atoms with E-state index < -0.39 is 0 Å². The van der Waals surface area contributed by atoms with Gasteiger partial charge in [0, 0.05) is 9.89 Å². The highest BCUT2D eigenvalue weighted by molar-refractivity contribution is 9.10. The summed E-state index contributed by atoms with van der Waals surface area (Å²) in [6, 6.07) is 8.80. The zero-order valence-corrected chi connectivity index (χ0v) is 14.1. The van der Waals surface area contributed by atoms with Crippen LogP contribution in [0.2, 0.25) is 0 Å². The molecule has 19 heavy (non-hydrogen) atoms. The highest BCUT2D eigenvalue weighted by Gasteiger charge is 2.52. The van der Waals surface area contributed by atoms with Crippen molar-refractivity contribution in [2.45, 2.75) is 43.9 Å². The molecule has 0 saturated heterocycles. The van der Waals surface area contributed by atoms with Crippen molar-refractivity contribution >= 4 is 37.6 Å². The van der Waals surface area contributed by atoms with Crippen LogP contribution in [0.1, 0.15) is 44.1 Å². The summed E-state index contributed by atoms with van der Waals surface area (Å²) >= 11 is 6.86. The zero-order valence-electron chi connectivity index (χ0n) is 10.9. The van der Waals surface area contributed by atoms with Gasteiger partial charge in [-0.25, -0.2) is 0 Å². The van der Waals surface area contributed by atoms with Crippen LogP contribution in [0.25, 0.3) is 0 Å². The molecule has 1 nitrogen and oxygen atoms in total. The van der Waals surface area contributed by atoms with Crippen LogP contribution in [0.3, 0.4) is 0 Å². The van der Waals surface area contributed by atoms with Crippen molar-refractivity contribution in [3.05, 3.63) is 34.3 Å². The molecule has 3 fully saturated rings. The smallest absolute Gasteiger partial charge is 0.149 e. The van der Waals surface area contributed by atoms with E-state index in [4.69, 9.17) is 0 Å². The van der Waals surface area contributed by atoms with Crippen molar-refractivity contribution in [3.63, 3.8) is 0 Å². The second-order valence-corrected chi connectivity index (χ2v) is 7.60. The normalized spacial score (nSPS) is 33.4. The van der Waals surface area contributed by atoms with Gasteiger partial charge in [-0.1, -0.05) is 44.0 Å². The fourth-order valence-electron chi connectivity index (χ4n) is 3.98. The summed E-state index contributed by atoms with van der Waals surface area (Å²) in [4.78, 5) is 12.2.